The van der Waals surface area contributed by atoms with Gasteiger partial charge in [0.05, 0.1) is 17.7 Å². The zero-order valence-corrected chi connectivity index (χ0v) is 11.6. The standard InChI is InChI=1S/C15H15FN2O2/c1-15(2,3)20-14(19)18-9-5-8-11-6-4-7-12(10-17)13(11)16/h4,6-7H,9H2,1-3H3,(H,18,19). The molecule has 0 aromatic heterocycles. The van der Waals surface area contributed by atoms with Crippen molar-refractivity contribution in [3.05, 3.63) is 35.1 Å². The maximum absolute atomic E-state index is 13.6. The molecule has 1 amide bonds. The van der Waals surface area contributed by atoms with E-state index in [1.54, 1.807) is 32.9 Å². The molecule has 1 aromatic carbocycles. The summed E-state index contributed by atoms with van der Waals surface area (Å²) in [7, 11) is 0. The molecule has 0 bridgehead atoms. The molecule has 0 fully saturated rings. The number of alkyl carbamates (subject to hydrolysis) is 1. The van der Waals surface area contributed by atoms with E-state index in [4.69, 9.17) is 10.00 Å². The second-order valence-electron chi connectivity index (χ2n) is 4.94. The van der Waals surface area contributed by atoms with Gasteiger partial charge in [-0.2, -0.15) is 5.26 Å². The van der Waals surface area contributed by atoms with Crippen LogP contribution < -0.4 is 5.32 Å². The molecule has 1 aromatic rings. The van der Waals surface area contributed by atoms with Crippen molar-refractivity contribution in [2.45, 2.75) is 26.4 Å². The van der Waals surface area contributed by atoms with Crippen molar-refractivity contribution in [2.75, 3.05) is 6.54 Å². The van der Waals surface area contributed by atoms with E-state index in [0.29, 0.717) is 0 Å². The van der Waals surface area contributed by atoms with Crippen LogP contribution in [0.4, 0.5) is 9.18 Å². The lowest BCUT2D eigenvalue weighted by Crippen LogP contribution is -2.32. The van der Waals surface area contributed by atoms with Crippen LogP contribution in [-0.4, -0.2) is 18.2 Å². The Balaban J connectivity index is 2.60. The molecule has 1 rings (SSSR count). The first-order valence-electron chi connectivity index (χ1n) is 5.98. The van der Waals surface area contributed by atoms with Crippen molar-refractivity contribution < 1.29 is 13.9 Å². The molecule has 0 heterocycles. The first kappa shape index (κ1) is 15.5. The largest absolute Gasteiger partial charge is 0.444 e. The maximum atomic E-state index is 13.6. The van der Waals surface area contributed by atoms with E-state index < -0.39 is 17.5 Å². The van der Waals surface area contributed by atoms with Gasteiger partial charge in [-0.15, -0.1) is 0 Å². The lowest BCUT2D eigenvalue weighted by molar-refractivity contribution is 0.0535. The minimum Gasteiger partial charge on any atom is -0.444 e. The molecule has 104 valence electrons. The molecule has 0 saturated heterocycles. The average Bonchev–Trinajstić information content (AvgIpc) is 2.34. The fraction of sp³-hybridized carbons (Fsp3) is 0.333. The number of nitrogens with one attached hydrogen (secondary N) is 1. The quantitative estimate of drug-likeness (QED) is 0.801. The number of hydrogen-bond donors (Lipinski definition) is 1. The summed E-state index contributed by atoms with van der Waals surface area (Å²) in [5.41, 5.74) is -0.517. The number of carbonyl (C=O) groups excluding carboxylic acids is 1. The second-order valence-corrected chi connectivity index (χ2v) is 4.94. The normalized spacial score (nSPS) is 9.95. The van der Waals surface area contributed by atoms with Gasteiger partial charge in [0, 0.05) is 0 Å². The van der Waals surface area contributed by atoms with Crippen LogP contribution in [0.3, 0.4) is 0 Å². The summed E-state index contributed by atoms with van der Waals surface area (Å²) < 4.78 is 18.7. The summed E-state index contributed by atoms with van der Waals surface area (Å²) in [5, 5.41) is 11.1. The molecule has 1 N–H and O–H groups in total. The van der Waals surface area contributed by atoms with Crippen molar-refractivity contribution in [2.24, 2.45) is 0 Å². The topological polar surface area (TPSA) is 62.1 Å². The summed E-state index contributed by atoms with van der Waals surface area (Å²) in [6.45, 7) is 5.29. The molecule has 0 unspecified atom stereocenters. The predicted molar refractivity (Wildman–Crippen MR) is 72.2 cm³/mol. The third-order valence-corrected chi connectivity index (χ3v) is 2.06. The van der Waals surface area contributed by atoms with Crippen LogP contribution in [0.1, 0.15) is 31.9 Å². The highest BCUT2D eigenvalue weighted by Crippen LogP contribution is 2.10. The first-order valence-corrected chi connectivity index (χ1v) is 5.98. The monoisotopic (exact) mass is 274 g/mol. The summed E-state index contributed by atoms with van der Waals surface area (Å²) >= 11 is 0. The molecule has 0 radical (unpaired) electrons. The smallest absolute Gasteiger partial charge is 0.408 e. The van der Waals surface area contributed by atoms with Gasteiger partial charge in [0.25, 0.3) is 0 Å². The molecule has 5 heteroatoms. The minimum absolute atomic E-state index is 0.0329. The number of ether oxygens (including phenoxy) is 1. The third-order valence-electron chi connectivity index (χ3n) is 2.06. The van der Waals surface area contributed by atoms with Crippen molar-refractivity contribution in [3.63, 3.8) is 0 Å². The van der Waals surface area contributed by atoms with Crippen molar-refractivity contribution in [1.29, 1.82) is 5.26 Å². The van der Waals surface area contributed by atoms with Gasteiger partial charge in [-0.1, -0.05) is 17.9 Å². The molecule has 0 atom stereocenters. The highest BCUT2D eigenvalue weighted by Gasteiger charge is 2.15. The molecular formula is C15H15FN2O2. The van der Waals surface area contributed by atoms with E-state index in [9.17, 15) is 9.18 Å². The van der Waals surface area contributed by atoms with Crippen molar-refractivity contribution in [3.8, 4) is 17.9 Å². The Bertz CT molecular complexity index is 601. The SMILES string of the molecule is CC(C)(C)OC(=O)NCC#Cc1cccc(C#N)c1F. The summed E-state index contributed by atoms with van der Waals surface area (Å²) in [6.07, 6.45) is -0.585. The predicted octanol–water partition coefficient (Wildman–Crippen LogP) is 2.57. The van der Waals surface area contributed by atoms with E-state index in [-0.39, 0.29) is 17.7 Å². The summed E-state index contributed by atoms with van der Waals surface area (Å²) in [4.78, 5) is 11.3. The highest BCUT2D eigenvalue weighted by molar-refractivity contribution is 5.68. The van der Waals surface area contributed by atoms with E-state index in [2.05, 4.69) is 17.2 Å². The Labute approximate surface area is 117 Å². The third kappa shape index (κ3) is 4.99. The van der Waals surface area contributed by atoms with Crippen LogP contribution in [0, 0.1) is 29.0 Å². The maximum Gasteiger partial charge on any atom is 0.408 e. The molecule has 0 aliphatic carbocycles. The van der Waals surface area contributed by atoms with Gasteiger partial charge in [0.1, 0.15) is 11.7 Å². The first-order chi connectivity index (χ1) is 9.33. The molecule has 0 aliphatic heterocycles. The van der Waals surface area contributed by atoms with E-state index in [1.807, 2.05) is 0 Å². The Hall–Kier alpha value is -2.53. The fourth-order valence-corrected chi connectivity index (χ4v) is 1.28. The summed E-state index contributed by atoms with van der Waals surface area (Å²) in [5.74, 6) is 4.51. The van der Waals surface area contributed by atoms with Crippen molar-refractivity contribution in [1.82, 2.24) is 5.32 Å². The Morgan fingerprint density at radius 2 is 2.05 bits per heavy atom. The molecule has 4 nitrogen and oxygen atoms in total. The number of rotatable bonds is 1. The Kier molecular flexibility index (Phi) is 5.11. The lowest BCUT2D eigenvalue weighted by atomic mass is 10.1. The van der Waals surface area contributed by atoms with Gasteiger partial charge in [0.2, 0.25) is 0 Å². The zero-order valence-electron chi connectivity index (χ0n) is 11.6. The van der Waals surface area contributed by atoms with Crippen LogP contribution >= 0.6 is 0 Å². The van der Waals surface area contributed by atoms with Gasteiger partial charge in [-0.05, 0) is 32.9 Å². The van der Waals surface area contributed by atoms with Crippen LogP contribution in [-0.2, 0) is 4.74 Å². The van der Waals surface area contributed by atoms with Gasteiger partial charge >= 0.3 is 6.09 Å². The van der Waals surface area contributed by atoms with Gasteiger partial charge in [-0.25, -0.2) is 9.18 Å². The number of nitrogens with zero attached hydrogens (tertiary/aromatic N) is 1. The van der Waals surface area contributed by atoms with Crippen LogP contribution in [0.2, 0.25) is 0 Å². The van der Waals surface area contributed by atoms with E-state index in [1.165, 1.54) is 12.1 Å². The number of hydrogen-bond acceptors (Lipinski definition) is 3. The number of halogens is 1. The van der Waals surface area contributed by atoms with Crippen LogP contribution in [0.5, 0.6) is 0 Å². The summed E-state index contributed by atoms with van der Waals surface area (Å²) in [6, 6.07) is 6.13. The van der Waals surface area contributed by atoms with Crippen molar-refractivity contribution >= 4 is 6.09 Å². The molecular weight excluding hydrogens is 259 g/mol. The minimum atomic E-state index is -0.653. The second kappa shape index (κ2) is 6.58. The lowest BCUT2D eigenvalue weighted by Gasteiger charge is -2.18. The number of carbonyl (C=O) groups is 1. The molecule has 0 spiro atoms. The Morgan fingerprint density at radius 1 is 1.40 bits per heavy atom. The molecule has 0 saturated carbocycles. The molecule has 20 heavy (non-hydrogen) atoms. The Morgan fingerprint density at radius 3 is 2.65 bits per heavy atom. The fourth-order valence-electron chi connectivity index (χ4n) is 1.28. The van der Waals surface area contributed by atoms with E-state index >= 15 is 0 Å². The molecule has 0 aliphatic rings. The van der Waals surface area contributed by atoms with Crippen LogP contribution in [0.15, 0.2) is 18.2 Å². The number of nitriles is 1. The zero-order chi connectivity index (χ0) is 15.2. The number of benzene rings is 1. The number of amides is 1. The van der Waals surface area contributed by atoms with Gasteiger partial charge in [0.15, 0.2) is 5.82 Å². The highest BCUT2D eigenvalue weighted by atomic mass is 19.1. The average molecular weight is 274 g/mol. The van der Waals surface area contributed by atoms with Crippen LogP contribution in [0.25, 0.3) is 0 Å². The van der Waals surface area contributed by atoms with Gasteiger partial charge in [-0.3, -0.25) is 0 Å². The van der Waals surface area contributed by atoms with Gasteiger partial charge < -0.3 is 10.1 Å². The van der Waals surface area contributed by atoms with E-state index in [0.717, 1.165) is 0 Å².